The number of hydrogen-bond acceptors (Lipinski definition) is 2. The SMILES string of the molecule is O=C(Nc1ccc(-c2ncc3n2CCCC3)cc1)c1cccc(Cl)c1Cl. The standard InChI is InChI=1S/C20H17Cl2N3O/c21-17-6-3-5-16(18(17)22)20(26)24-14-9-7-13(8-10-14)19-23-12-15-4-1-2-11-25(15)19/h3,5-10,12H,1-2,4,11H2,(H,24,26). The molecule has 0 fully saturated rings. The smallest absolute Gasteiger partial charge is 0.257 e. The molecule has 4 nitrogen and oxygen atoms in total. The maximum atomic E-state index is 12.4. The van der Waals surface area contributed by atoms with Crippen LogP contribution in [-0.4, -0.2) is 15.5 Å². The molecule has 1 N–H and O–H groups in total. The summed E-state index contributed by atoms with van der Waals surface area (Å²) in [5.41, 5.74) is 3.38. The van der Waals surface area contributed by atoms with Gasteiger partial charge in [0.2, 0.25) is 0 Å². The predicted octanol–water partition coefficient (Wildman–Crippen LogP) is 5.45. The minimum absolute atomic E-state index is 0.257. The lowest BCUT2D eigenvalue weighted by molar-refractivity contribution is 0.102. The molecule has 26 heavy (non-hydrogen) atoms. The van der Waals surface area contributed by atoms with Crippen molar-refractivity contribution in [2.24, 2.45) is 0 Å². The topological polar surface area (TPSA) is 46.9 Å². The molecule has 0 aliphatic carbocycles. The van der Waals surface area contributed by atoms with E-state index in [4.69, 9.17) is 23.2 Å². The highest BCUT2D eigenvalue weighted by Gasteiger charge is 2.16. The third kappa shape index (κ3) is 3.22. The maximum Gasteiger partial charge on any atom is 0.257 e. The Kier molecular flexibility index (Phi) is 4.70. The number of rotatable bonds is 3. The molecule has 2 heterocycles. The second kappa shape index (κ2) is 7.14. The normalized spacial score (nSPS) is 13.3. The highest BCUT2D eigenvalue weighted by Crippen LogP contribution is 2.28. The maximum absolute atomic E-state index is 12.4. The van der Waals surface area contributed by atoms with Crippen molar-refractivity contribution in [3.8, 4) is 11.4 Å². The van der Waals surface area contributed by atoms with E-state index < -0.39 is 0 Å². The van der Waals surface area contributed by atoms with Crippen LogP contribution in [0.15, 0.2) is 48.7 Å². The van der Waals surface area contributed by atoms with Crippen LogP contribution in [-0.2, 0) is 13.0 Å². The minimum atomic E-state index is -0.288. The second-order valence-corrected chi connectivity index (χ2v) is 7.10. The molecule has 132 valence electrons. The molecule has 2 aromatic carbocycles. The van der Waals surface area contributed by atoms with Gasteiger partial charge < -0.3 is 9.88 Å². The van der Waals surface area contributed by atoms with Crippen molar-refractivity contribution >= 4 is 34.8 Å². The molecule has 4 rings (SSSR count). The lowest BCUT2D eigenvalue weighted by atomic mass is 10.1. The predicted molar refractivity (Wildman–Crippen MR) is 105 cm³/mol. The van der Waals surface area contributed by atoms with Crippen LogP contribution in [0.4, 0.5) is 5.69 Å². The van der Waals surface area contributed by atoms with Gasteiger partial charge in [-0.1, -0.05) is 29.3 Å². The van der Waals surface area contributed by atoms with Crippen molar-refractivity contribution in [3.05, 3.63) is 70.0 Å². The summed E-state index contributed by atoms with van der Waals surface area (Å²) in [5.74, 6) is 0.693. The summed E-state index contributed by atoms with van der Waals surface area (Å²) in [4.78, 5) is 17.0. The highest BCUT2D eigenvalue weighted by atomic mass is 35.5. The van der Waals surface area contributed by atoms with Crippen LogP contribution in [0.1, 0.15) is 28.9 Å². The van der Waals surface area contributed by atoms with Gasteiger partial charge in [0.15, 0.2) is 0 Å². The van der Waals surface area contributed by atoms with Gasteiger partial charge in [-0.25, -0.2) is 4.98 Å². The van der Waals surface area contributed by atoms with Crippen LogP contribution in [0.25, 0.3) is 11.4 Å². The summed E-state index contributed by atoms with van der Waals surface area (Å²) in [6.45, 7) is 1.01. The monoisotopic (exact) mass is 385 g/mol. The summed E-state index contributed by atoms with van der Waals surface area (Å²) in [7, 11) is 0. The van der Waals surface area contributed by atoms with Crippen molar-refractivity contribution < 1.29 is 4.79 Å². The Morgan fingerprint density at radius 2 is 1.88 bits per heavy atom. The third-order valence-corrected chi connectivity index (χ3v) is 5.42. The first-order valence-corrected chi connectivity index (χ1v) is 9.29. The Balaban J connectivity index is 1.54. The van der Waals surface area contributed by atoms with Crippen molar-refractivity contribution in [2.45, 2.75) is 25.8 Å². The quantitative estimate of drug-likeness (QED) is 0.651. The first-order valence-electron chi connectivity index (χ1n) is 8.53. The Morgan fingerprint density at radius 1 is 1.08 bits per heavy atom. The molecule has 0 radical (unpaired) electrons. The summed E-state index contributed by atoms with van der Waals surface area (Å²) in [6, 6.07) is 12.7. The molecular weight excluding hydrogens is 369 g/mol. The number of aromatic nitrogens is 2. The van der Waals surface area contributed by atoms with Gasteiger partial charge in [-0.2, -0.15) is 0 Å². The first-order chi connectivity index (χ1) is 12.6. The average molecular weight is 386 g/mol. The Labute approximate surface area is 161 Å². The number of carbonyl (C=O) groups is 1. The van der Waals surface area contributed by atoms with E-state index in [0.29, 0.717) is 16.3 Å². The molecule has 0 saturated heterocycles. The Bertz CT molecular complexity index is 964. The number of benzene rings is 2. The van der Waals surface area contributed by atoms with Gasteiger partial charge in [0.25, 0.3) is 5.91 Å². The third-order valence-electron chi connectivity index (χ3n) is 4.60. The van der Waals surface area contributed by atoms with Gasteiger partial charge in [-0.15, -0.1) is 0 Å². The zero-order valence-electron chi connectivity index (χ0n) is 14.0. The fourth-order valence-corrected chi connectivity index (χ4v) is 3.63. The number of imidazole rings is 1. The van der Waals surface area contributed by atoms with Crippen LogP contribution in [0.2, 0.25) is 10.0 Å². The van der Waals surface area contributed by atoms with E-state index in [1.54, 1.807) is 18.2 Å². The van der Waals surface area contributed by atoms with E-state index in [-0.39, 0.29) is 10.9 Å². The van der Waals surface area contributed by atoms with E-state index in [0.717, 1.165) is 24.4 Å². The van der Waals surface area contributed by atoms with Crippen LogP contribution in [0.5, 0.6) is 0 Å². The van der Waals surface area contributed by atoms with Gasteiger partial charge in [-0.05, 0) is 55.7 Å². The van der Waals surface area contributed by atoms with Gasteiger partial charge in [0.05, 0.1) is 15.6 Å². The summed E-state index contributed by atoms with van der Waals surface area (Å²) in [6.07, 6.45) is 5.46. The van der Waals surface area contributed by atoms with Gasteiger partial charge in [-0.3, -0.25) is 4.79 Å². The fourth-order valence-electron chi connectivity index (χ4n) is 3.25. The number of halogens is 2. The first kappa shape index (κ1) is 17.1. The molecule has 0 atom stereocenters. The number of amides is 1. The van der Waals surface area contributed by atoms with E-state index in [1.807, 2.05) is 30.5 Å². The highest BCUT2D eigenvalue weighted by molar-refractivity contribution is 6.44. The summed E-state index contributed by atoms with van der Waals surface area (Å²) in [5, 5.41) is 3.47. The summed E-state index contributed by atoms with van der Waals surface area (Å²) >= 11 is 12.1. The lowest BCUT2D eigenvalue weighted by Gasteiger charge is -2.16. The minimum Gasteiger partial charge on any atom is -0.328 e. The number of anilines is 1. The molecule has 6 heteroatoms. The van der Waals surface area contributed by atoms with Crippen LogP contribution >= 0.6 is 23.2 Å². The van der Waals surface area contributed by atoms with Gasteiger partial charge >= 0.3 is 0 Å². The molecular formula is C20H17Cl2N3O. The molecule has 0 unspecified atom stereocenters. The number of hydrogen-bond donors (Lipinski definition) is 1. The van der Waals surface area contributed by atoms with E-state index in [1.165, 1.54) is 18.5 Å². The average Bonchev–Trinajstić information content (AvgIpc) is 3.09. The number of carbonyl (C=O) groups excluding carboxylic acids is 1. The zero-order valence-corrected chi connectivity index (χ0v) is 15.5. The number of nitrogens with zero attached hydrogens (tertiary/aromatic N) is 2. The van der Waals surface area contributed by atoms with Crippen molar-refractivity contribution in [1.82, 2.24) is 9.55 Å². The van der Waals surface area contributed by atoms with E-state index >= 15 is 0 Å². The molecule has 3 aromatic rings. The molecule has 1 aromatic heterocycles. The largest absolute Gasteiger partial charge is 0.328 e. The van der Waals surface area contributed by atoms with Gasteiger partial charge in [0, 0.05) is 29.7 Å². The molecule has 1 aliphatic heterocycles. The van der Waals surface area contributed by atoms with Crippen molar-refractivity contribution in [2.75, 3.05) is 5.32 Å². The molecule has 0 bridgehead atoms. The Morgan fingerprint density at radius 3 is 2.69 bits per heavy atom. The molecule has 1 aliphatic rings. The molecule has 1 amide bonds. The number of aryl methyl sites for hydroxylation is 1. The molecule has 0 spiro atoms. The number of nitrogens with one attached hydrogen (secondary N) is 1. The summed E-state index contributed by atoms with van der Waals surface area (Å²) < 4.78 is 2.28. The fraction of sp³-hybridized carbons (Fsp3) is 0.200. The van der Waals surface area contributed by atoms with Crippen LogP contribution in [0.3, 0.4) is 0 Å². The van der Waals surface area contributed by atoms with Crippen LogP contribution in [0, 0.1) is 0 Å². The Hall–Kier alpha value is -2.30. The van der Waals surface area contributed by atoms with E-state index in [2.05, 4.69) is 14.9 Å². The van der Waals surface area contributed by atoms with E-state index in [9.17, 15) is 4.79 Å². The van der Waals surface area contributed by atoms with Gasteiger partial charge in [0.1, 0.15) is 5.82 Å². The van der Waals surface area contributed by atoms with Crippen LogP contribution < -0.4 is 5.32 Å². The van der Waals surface area contributed by atoms with Crippen molar-refractivity contribution in [1.29, 1.82) is 0 Å². The van der Waals surface area contributed by atoms with Crippen molar-refractivity contribution in [3.63, 3.8) is 0 Å². The lowest BCUT2D eigenvalue weighted by Crippen LogP contribution is -2.12. The molecule has 0 saturated carbocycles. The number of fused-ring (bicyclic) bond motifs is 1. The second-order valence-electron chi connectivity index (χ2n) is 6.31. The zero-order chi connectivity index (χ0) is 18.1.